The third-order valence-corrected chi connectivity index (χ3v) is 5.91. The molecule has 2 amide bonds. The van der Waals surface area contributed by atoms with Gasteiger partial charge in [0.25, 0.3) is 0 Å². The molecule has 0 unspecified atom stereocenters. The molecule has 4 N–H and O–H groups in total. The number of likely N-dealkylation sites (tertiary alicyclic amines) is 1. The van der Waals surface area contributed by atoms with Crippen LogP contribution in [0, 0.1) is 0 Å². The molecule has 1 aliphatic heterocycles. The molecule has 10 nitrogen and oxygen atoms in total. The molecule has 1 fully saturated rings. The lowest BCUT2D eigenvalue weighted by Crippen LogP contribution is -3.21. The molecular weight excluding hydrogens is 493 g/mol. The number of nitrogens with one attached hydrogen (secondary N) is 2. The van der Waals surface area contributed by atoms with Crippen LogP contribution in [-0.4, -0.2) is 46.8 Å². The molecule has 170 valence electrons. The van der Waals surface area contributed by atoms with Crippen LogP contribution in [-0.2, 0) is 20.1 Å². The number of halogens is 2. The second-order valence-corrected chi connectivity index (χ2v) is 10.5. The van der Waals surface area contributed by atoms with Crippen LogP contribution in [0.25, 0.3) is 0 Å². The number of amides is 2. The highest BCUT2D eigenvalue weighted by Gasteiger charge is 2.23. The number of primary amides is 1. The molecule has 0 aromatic heterocycles. The van der Waals surface area contributed by atoms with Gasteiger partial charge in [0.05, 0.1) is 35.0 Å². The van der Waals surface area contributed by atoms with Crippen molar-refractivity contribution in [3.8, 4) is 11.5 Å². The van der Waals surface area contributed by atoms with Gasteiger partial charge in [-0.25, -0.2) is 21.6 Å². The van der Waals surface area contributed by atoms with Gasteiger partial charge in [0.15, 0.2) is 5.75 Å². The zero-order chi connectivity index (χ0) is 23.4. The molecule has 2 aromatic rings. The predicted octanol–water partition coefficient (Wildman–Crippen LogP) is 1.42. The van der Waals surface area contributed by atoms with Crippen molar-refractivity contribution in [2.75, 3.05) is 24.1 Å². The van der Waals surface area contributed by atoms with Gasteiger partial charge in [-0.3, -0.25) is 9.62 Å². The molecule has 0 radical (unpaired) electrons. The van der Waals surface area contributed by atoms with E-state index in [0.717, 1.165) is 48.9 Å². The summed E-state index contributed by atoms with van der Waals surface area (Å²) in [5, 5.41) is 0.459. The van der Waals surface area contributed by atoms with Gasteiger partial charge in [-0.1, -0.05) is 23.2 Å². The molecule has 0 spiro atoms. The van der Waals surface area contributed by atoms with Crippen LogP contribution < -0.4 is 20.1 Å². The minimum Gasteiger partial charge on any atom is -0.744 e. The summed E-state index contributed by atoms with van der Waals surface area (Å²) in [5.41, 5.74) is 4.86. The summed E-state index contributed by atoms with van der Waals surface area (Å²) in [7, 11) is -8.43. The summed E-state index contributed by atoms with van der Waals surface area (Å²) in [6.07, 6.45) is 2.06. The van der Waals surface area contributed by atoms with Gasteiger partial charge in [-0.2, -0.15) is 0 Å². The maximum absolute atomic E-state index is 11.4. The van der Waals surface area contributed by atoms with Crippen molar-refractivity contribution in [2.45, 2.75) is 11.3 Å². The highest BCUT2D eigenvalue weighted by atomic mass is 35.5. The first-order valence-corrected chi connectivity index (χ1v) is 12.7. The van der Waals surface area contributed by atoms with E-state index in [-0.39, 0.29) is 28.2 Å². The molecule has 0 bridgehead atoms. The van der Waals surface area contributed by atoms with Gasteiger partial charge in [0.1, 0.15) is 15.9 Å². The number of hydrogen-bond donors (Lipinski definition) is 3. The van der Waals surface area contributed by atoms with Gasteiger partial charge >= 0.3 is 6.03 Å². The number of urea groups is 1. The lowest BCUT2D eigenvalue weighted by atomic mass is 10.2. The molecule has 0 aliphatic carbocycles. The third kappa shape index (κ3) is 7.83. The van der Waals surface area contributed by atoms with Crippen LogP contribution in [0.2, 0.25) is 10.0 Å². The minimum atomic E-state index is -4.76. The van der Waals surface area contributed by atoms with Gasteiger partial charge in [0, 0.05) is 17.5 Å². The monoisotopic (exact) mass is 511 g/mol. The minimum absolute atomic E-state index is 0.0593. The lowest BCUT2D eigenvalue weighted by molar-refractivity contribution is -0.857. The van der Waals surface area contributed by atoms with E-state index >= 15 is 0 Å². The second kappa shape index (κ2) is 10.0. The summed E-state index contributed by atoms with van der Waals surface area (Å²) >= 11 is 11.7. The number of quaternary nitrogens is 1. The van der Waals surface area contributed by atoms with Crippen molar-refractivity contribution in [1.82, 2.24) is 0 Å². The molecule has 0 atom stereocenters. The molecular formula is C17H19Cl2N3O7S2. The van der Waals surface area contributed by atoms with Gasteiger partial charge in [0.2, 0.25) is 10.0 Å². The Hall–Kier alpha value is -2.09. The Morgan fingerprint density at radius 1 is 1.10 bits per heavy atom. The van der Waals surface area contributed by atoms with Crippen LogP contribution in [0.4, 0.5) is 10.5 Å². The van der Waals surface area contributed by atoms with Crippen LogP contribution in [0.5, 0.6) is 11.5 Å². The first-order chi connectivity index (χ1) is 14.3. The maximum atomic E-state index is 11.4. The average molecular weight is 512 g/mol. The Balaban J connectivity index is 0.000000412. The molecule has 1 heterocycles. The highest BCUT2D eigenvalue weighted by Crippen LogP contribution is 2.36. The van der Waals surface area contributed by atoms with E-state index in [0.29, 0.717) is 5.02 Å². The first kappa shape index (κ1) is 25.2. The Bertz CT molecular complexity index is 1180. The van der Waals surface area contributed by atoms with E-state index in [1.165, 1.54) is 18.2 Å². The molecule has 1 saturated heterocycles. The Morgan fingerprint density at radius 3 is 2.16 bits per heavy atom. The maximum Gasteiger partial charge on any atom is 0.412 e. The van der Waals surface area contributed by atoms with E-state index in [1.54, 1.807) is 0 Å². The fraction of sp³-hybridized carbons (Fsp3) is 0.235. The highest BCUT2D eigenvalue weighted by molar-refractivity contribution is 7.92. The summed E-state index contributed by atoms with van der Waals surface area (Å²) < 4.78 is 63.9. The molecule has 14 heteroatoms. The largest absolute Gasteiger partial charge is 0.744 e. The zero-order valence-electron chi connectivity index (χ0n) is 16.1. The number of carbonyl (C=O) groups is 1. The Kier molecular flexibility index (Phi) is 8.14. The number of nitrogens with two attached hydrogens (primary N) is 1. The number of anilines is 1. The number of hydrogen-bond acceptors (Lipinski definition) is 7. The number of rotatable bonds is 5. The first-order valence-electron chi connectivity index (χ1n) is 8.61. The Labute approximate surface area is 189 Å². The summed E-state index contributed by atoms with van der Waals surface area (Å²) in [6, 6.07) is 7.04. The smallest absolute Gasteiger partial charge is 0.412 e. The van der Waals surface area contributed by atoms with E-state index in [4.69, 9.17) is 33.7 Å². The fourth-order valence-corrected chi connectivity index (χ4v) is 3.80. The predicted molar refractivity (Wildman–Crippen MR) is 114 cm³/mol. The standard InChI is InChI=1S/C13H11Cl2NO6S2.C4H8N2O/c1-23(17,18)16-11-4-3-9(24(19,20)21)7-13(11)22-12-5-2-8(14)6-10(12)15;5-4(7)6-2-1-3-6/h2-7,16H,1H3,(H,19,20,21);1-3H2,(H2,5,7). The van der Waals surface area contributed by atoms with E-state index < -0.39 is 25.0 Å². The van der Waals surface area contributed by atoms with Gasteiger partial charge in [-0.15, -0.1) is 0 Å². The molecule has 2 aromatic carbocycles. The topological polar surface area (TPSA) is 160 Å². The molecule has 3 rings (SSSR count). The third-order valence-electron chi connectivity index (χ3n) is 3.96. The second-order valence-electron chi connectivity index (χ2n) is 6.48. The number of benzene rings is 2. The summed E-state index contributed by atoms with van der Waals surface area (Å²) in [4.78, 5) is 10.5. The van der Waals surface area contributed by atoms with Gasteiger partial charge in [-0.05, 0) is 30.3 Å². The van der Waals surface area contributed by atoms with E-state index in [1.807, 2.05) is 0 Å². The summed E-state index contributed by atoms with van der Waals surface area (Å²) in [6.45, 7) is 1.88. The average Bonchev–Trinajstić information content (AvgIpc) is 2.55. The van der Waals surface area contributed by atoms with Crippen molar-refractivity contribution >= 4 is 55.1 Å². The Morgan fingerprint density at radius 2 is 1.74 bits per heavy atom. The number of carbonyl (C=O) groups excluding carboxylic acids is 1. The molecule has 0 saturated carbocycles. The van der Waals surface area contributed by atoms with Crippen LogP contribution >= 0.6 is 23.2 Å². The van der Waals surface area contributed by atoms with Crippen molar-refractivity contribution < 1.29 is 35.8 Å². The zero-order valence-corrected chi connectivity index (χ0v) is 19.2. The molecule has 31 heavy (non-hydrogen) atoms. The van der Waals surface area contributed by atoms with Gasteiger partial charge < -0.3 is 15.0 Å². The van der Waals surface area contributed by atoms with Crippen molar-refractivity contribution in [3.63, 3.8) is 0 Å². The van der Waals surface area contributed by atoms with Crippen molar-refractivity contribution in [2.24, 2.45) is 5.73 Å². The SMILES string of the molecule is CS(=O)(=O)Nc1ccc(S(=O)(=O)[O-])cc1Oc1ccc(Cl)cc1Cl.NC(=O)[NH+]1CCC1. The van der Waals surface area contributed by atoms with Crippen molar-refractivity contribution in [3.05, 3.63) is 46.4 Å². The normalized spacial score (nSPS) is 14.1. The van der Waals surface area contributed by atoms with Crippen LogP contribution in [0.15, 0.2) is 41.3 Å². The quantitative estimate of drug-likeness (QED) is 0.511. The van der Waals surface area contributed by atoms with Crippen LogP contribution in [0.1, 0.15) is 6.42 Å². The summed E-state index contributed by atoms with van der Waals surface area (Å²) in [5.74, 6) is -0.111. The van der Waals surface area contributed by atoms with E-state index in [2.05, 4.69) is 4.72 Å². The molecule has 1 aliphatic rings. The number of ether oxygens (including phenoxy) is 1. The number of sulfonamides is 1. The van der Waals surface area contributed by atoms with Crippen molar-refractivity contribution in [1.29, 1.82) is 0 Å². The van der Waals surface area contributed by atoms with Crippen LogP contribution in [0.3, 0.4) is 0 Å². The lowest BCUT2D eigenvalue weighted by Gasteiger charge is -2.21. The fourth-order valence-electron chi connectivity index (χ4n) is 2.30. The van der Waals surface area contributed by atoms with E-state index in [9.17, 15) is 26.2 Å².